The molecule has 2 rings (SSSR count). The molecule has 0 aliphatic heterocycles. The van der Waals surface area contributed by atoms with Gasteiger partial charge in [0, 0.05) is 11.9 Å². The van der Waals surface area contributed by atoms with Crippen LogP contribution in [0.3, 0.4) is 0 Å². The molecular formula is C17H17ClN2O4. The second-order valence-corrected chi connectivity index (χ2v) is 5.54. The summed E-state index contributed by atoms with van der Waals surface area (Å²) in [5.41, 5.74) is 1.52. The minimum atomic E-state index is -1.12. The lowest BCUT2D eigenvalue weighted by atomic mass is 10.1. The third kappa shape index (κ3) is 5.89. The molecule has 1 atom stereocenters. The lowest BCUT2D eigenvalue weighted by Gasteiger charge is -2.14. The topological polar surface area (TPSA) is 88.5 Å². The van der Waals surface area contributed by atoms with Crippen LogP contribution in [0.4, 0.5) is 4.79 Å². The summed E-state index contributed by atoms with van der Waals surface area (Å²) in [6.45, 7) is 0.0811. The van der Waals surface area contributed by atoms with Crippen molar-refractivity contribution < 1.29 is 19.4 Å². The van der Waals surface area contributed by atoms with E-state index < -0.39 is 18.1 Å². The maximum absolute atomic E-state index is 11.8. The summed E-state index contributed by atoms with van der Waals surface area (Å²) >= 11 is 5.75. The zero-order valence-corrected chi connectivity index (χ0v) is 13.6. The van der Waals surface area contributed by atoms with Gasteiger partial charge >= 0.3 is 12.1 Å². The first kappa shape index (κ1) is 17.7. The number of alkyl carbamates (subject to hydrolysis) is 1. The molecule has 0 aliphatic rings. The van der Waals surface area contributed by atoms with Crippen molar-refractivity contribution in [3.63, 3.8) is 0 Å². The molecule has 0 aliphatic carbocycles. The SMILES string of the molecule is O=C(N[C@H](CCc1ccc(Cl)cn1)C(=O)O)OCc1ccccc1. The predicted octanol–water partition coefficient (Wildman–Crippen LogP) is 3.05. The highest BCUT2D eigenvalue weighted by Gasteiger charge is 2.20. The van der Waals surface area contributed by atoms with E-state index in [9.17, 15) is 14.7 Å². The van der Waals surface area contributed by atoms with Crippen LogP contribution in [0, 0.1) is 0 Å². The Morgan fingerprint density at radius 1 is 1.21 bits per heavy atom. The van der Waals surface area contributed by atoms with Crippen molar-refractivity contribution in [1.29, 1.82) is 0 Å². The lowest BCUT2D eigenvalue weighted by molar-refractivity contribution is -0.139. The monoisotopic (exact) mass is 348 g/mol. The number of carbonyl (C=O) groups excluding carboxylic acids is 1. The van der Waals surface area contributed by atoms with Crippen molar-refractivity contribution in [3.8, 4) is 0 Å². The molecule has 7 heteroatoms. The molecular weight excluding hydrogens is 332 g/mol. The number of carboxylic acid groups (broad SMARTS) is 1. The first-order valence-electron chi connectivity index (χ1n) is 7.35. The molecule has 1 heterocycles. The highest BCUT2D eigenvalue weighted by Crippen LogP contribution is 2.09. The standard InChI is InChI=1S/C17H17ClN2O4/c18-13-6-7-14(19-10-13)8-9-15(16(21)22)20-17(23)24-11-12-4-2-1-3-5-12/h1-7,10,15H,8-9,11H2,(H,20,23)(H,21,22)/t15-/m1/s1. The number of aromatic nitrogens is 1. The Hall–Kier alpha value is -2.60. The minimum Gasteiger partial charge on any atom is -0.480 e. The van der Waals surface area contributed by atoms with Gasteiger partial charge in [-0.15, -0.1) is 0 Å². The average molecular weight is 349 g/mol. The average Bonchev–Trinajstić information content (AvgIpc) is 2.59. The van der Waals surface area contributed by atoms with Gasteiger partial charge in [-0.05, 0) is 30.5 Å². The van der Waals surface area contributed by atoms with Gasteiger partial charge in [0.2, 0.25) is 0 Å². The number of ether oxygens (including phenoxy) is 1. The van der Waals surface area contributed by atoms with Crippen molar-refractivity contribution in [1.82, 2.24) is 10.3 Å². The van der Waals surface area contributed by atoms with Crippen LogP contribution in [0.25, 0.3) is 0 Å². The molecule has 1 aromatic carbocycles. The number of benzene rings is 1. The van der Waals surface area contributed by atoms with Crippen LogP contribution in [0.5, 0.6) is 0 Å². The fraction of sp³-hybridized carbons (Fsp3) is 0.235. The van der Waals surface area contributed by atoms with E-state index in [4.69, 9.17) is 16.3 Å². The lowest BCUT2D eigenvalue weighted by Crippen LogP contribution is -2.41. The Morgan fingerprint density at radius 3 is 2.58 bits per heavy atom. The molecule has 6 nitrogen and oxygen atoms in total. The van der Waals surface area contributed by atoms with Gasteiger partial charge in [0.1, 0.15) is 12.6 Å². The molecule has 0 fully saturated rings. The second kappa shape index (κ2) is 8.88. The summed E-state index contributed by atoms with van der Waals surface area (Å²) < 4.78 is 5.03. The second-order valence-electron chi connectivity index (χ2n) is 5.10. The van der Waals surface area contributed by atoms with E-state index >= 15 is 0 Å². The van der Waals surface area contributed by atoms with Gasteiger partial charge < -0.3 is 15.2 Å². The summed E-state index contributed by atoms with van der Waals surface area (Å²) in [6, 6.07) is 11.5. The van der Waals surface area contributed by atoms with Gasteiger partial charge in [-0.2, -0.15) is 0 Å². The number of aryl methyl sites for hydroxylation is 1. The number of carbonyl (C=O) groups is 2. The highest BCUT2D eigenvalue weighted by molar-refractivity contribution is 6.30. The molecule has 1 amide bonds. The number of hydrogen-bond acceptors (Lipinski definition) is 4. The molecule has 126 valence electrons. The molecule has 2 N–H and O–H groups in total. The van der Waals surface area contributed by atoms with E-state index in [0.29, 0.717) is 17.1 Å². The number of halogens is 1. The fourth-order valence-corrected chi connectivity index (χ4v) is 2.12. The maximum atomic E-state index is 11.8. The van der Waals surface area contributed by atoms with Crippen LogP contribution in [0.2, 0.25) is 5.02 Å². The quantitative estimate of drug-likeness (QED) is 0.802. The number of aliphatic carboxylic acids is 1. The molecule has 1 aromatic heterocycles. The highest BCUT2D eigenvalue weighted by atomic mass is 35.5. The van der Waals surface area contributed by atoms with E-state index in [1.165, 1.54) is 6.20 Å². The van der Waals surface area contributed by atoms with Gasteiger partial charge in [-0.1, -0.05) is 41.9 Å². The van der Waals surface area contributed by atoms with Crippen LogP contribution < -0.4 is 5.32 Å². The van der Waals surface area contributed by atoms with Gasteiger partial charge in [-0.25, -0.2) is 9.59 Å². The normalized spacial score (nSPS) is 11.5. The smallest absolute Gasteiger partial charge is 0.408 e. The van der Waals surface area contributed by atoms with Gasteiger partial charge in [0.05, 0.1) is 5.02 Å². The Kier molecular flexibility index (Phi) is 6.57. The number of amides is 1. The van der Waals surface area contributed by atoms with E-state index in [1.54, 1.807) is 12.1 Å². The van der Waals surface area contributed by atoms with Crippen molar-refractivity contribution in [2.24, 2.45) is 0 Å². The van der Waals surface area contributed by atoms with Crippen LogP contribution >= 0.6 is 11.6 Å². The summed E-state index contributed by atoms with van der Waals surface area (Å²) in [7, 11) is 0. The number of nitrogens with one attached hydrogen (secondary N) is 1. The predicted molar refractivity (Wildman–Crippen MR) is 88.8 cm³/mol. The number of hydrogen-bond donors (Lipinski definition) is 2. The molecule has 0 spiro atoms. The molecule has 0 saturated carbocycles. The Bertz CT molecular complexity index is 677. The van der Waals surface area contributed by atoms with Crippen molar-refractivity contribution >= 4 is 23.7 Å². The molecule has 0 radical (unpaired) electrons. The van der Waals surface area contributed by atoms with Gasteiger partial charge in [0.25, 0.3) is 0 Å². The van der Waals surface area contributed by atoms with E-state index in [1.807, 2.05) is 30.3 Å². The summed E-state index contributed by atoms with van der Waals surface area (Å²) in [6.07, 6.45) is 1.32. The van der Waals surface area contributed by atoms with Crippen molar-refractivity contribution in [3.05, 3.63) is 64.9 Å². The van der Waals surface area contributed by atoms with Gasteiger partial charge in [0.15, 0.2) is 0 Å². The summed E-state index contributed by atoms with van der Waals surface area (Å²) in [5, 5.41) is 12.1. The fourth-order valence-electron chi connectivity index (χ4n) is 2.01. The zero-order valence-electron chi connectivity index (χ0n) is 12.8. The number of rotatable bonds is 7. The van der Waals surface area contributed by atoms with E-state index in [0.717, 1.165) is 5.56 Å². The first-order valence-corrected chi connectivity index (χ1v) is 7.73. The first-order chi connectivity index (χ1) is 11.5. The Morgan fingerprint density at radius 2 is 1.96 bits per heavy atom. The van der Waals surface area contributed by atoms with Crippen LogP contribution in [-0.4, -0.2) is 28.2 Å². The molecule has 0 saturated heterocycles. The summed E-state index contributed by atoms with van der Waals surface area (Å²) in [5.74, 6) is -1.12. The Balaban J connectivity index is 1.82. The number of nitrogens with zero attached hydrogens (tertiary/aromatic N) is 1. The van der Waals surface area contributed by atoms with E-state index in [-0.39, 0.29) is 13.0 Å². The third-order valence-corrected chi connectivity index (χ3v) is 3.50. The number of carboxylic acids is 1. The number of pyridine rings is 1. The molecule has 0 bridgehead atoms. The van der Waals surface area contributed by atoms with Crippen LogP contribution in [0.1, 0.15) is 17.7 Å². The maximum Gasteiger partial charge on any atom is 0.408 e. The zero-order chi connectivity index (χ0) is 17.4. The van der Waals surface area contributed by atoms with Crippen LogP contribution in [0.15, 0.2) is 48.7 Å². The largest absolute Gasteiger partial charge is 0.480 e. The minimum absolute atomic E-state index is 0.0811. The van der Waals surface area contributed by atoms with Gasteiger partial charge in [-0.3, -0.25) is 4.98 Å². The molecule has 0 unspecified atom stereocenters. The Labute approximate surface area is 144 Å². The van der Waals surface area contributed by atoms with Crippen LogP contribution in [-0.2, 0) is 22.6 Å². The van der Waals surface area contributed by atoms with E-state index in [2.05, 4.69) is 10.3 Å². The molecule has 24 heavy (non-hydrogen) atoms. The van der Waals surface area contributed by atoms with Crippen molar-refractivity contribution in [2.45, 2.75) is 25.5 Å². The third-order valence-electron chi connectivity index (χ3n) is 3.28. The van der Waals surface area contributed by atoms with Crippen molar-refractivity contribution in [2.75, 3.05) is 0 Å². The molecule has 2 aromatic rings. The summed E-state index contributed by atoms with van der Waals surface area (Å²) in [4.78, 5) is 27.1.